The Labute approximate surface area is 199 Å². The number of methoxy groups -OCH3 is 1. The SMILES string of the molecule is CCCCCCCCCCCC(=O)O.COC1=COCCOC1C(=O)O.[Ag].[Ag]. The Kier molecular flexibility index (Phi) is 26.6. The van der Waals surface area contributed by atoms with Gasteiger partial charge in [-0.3, -0.25) is 4.79 Å². The van der Waals surface area contributed by atoms with Crippen molar-refractivity contribution in [2.45, 2.75) is 77.2 Å². The molecular formula is C19H34Ag2O7. The third-order valence-corrected chi connectivity index (χ3v) is 3.90. The summed E-state index contributed by atoms with van der Waals surface area (Å²) >= 11 is 0. The van der Waals surface area contributed by atoms with Crippen LogP contribution in [0.5, 0.6) is 0 Å². The van der Waals surface area contributed by atoms with Gasteiger partial charge < -0.3 is 24.4 Å². The van der Waals surface area contributed by atoms with Crippen LogP contribution in [-0.4, -0.2) is 48.6 Å². The molecule has 0 fully saturated rings. The fourth-order valence-electron chi connectivity index (χ4n) is 2.43. The van der Waals surface area contributed by atoms with Gasteiger partial charge in [-0.15, -0.1) is 0 Å². The summed E-state index contributed by atoms with van der Waals surface area (Å²) in [4.78, 5) is 20.8. The molecule has 1 heterocycles. The molecule has 2 radical (unpaired) electrons. The van der Waals surface area contributed by atoms with E-state index in [1.54, 1.807) is 0 Å². The summed E-state index contributed by atoms with van der Waals surface area (Å²) in [5.74, 6) is -1.55. The maximum atomic E-state index is 10.6. The number of hydrogen-bond donors (Lipinski definition) is 2. The molecule has 0 aromatic heterocycles. The van der Waals surface area contributed by atoms with Gasteiger partial charge in [0, 0.05) is 51.2 Å². The van der Waals surface area contributed by atoms with Gasteiger partial charge in [0.1, 0.15) is 12.9 Å². The van der Waals surface area contributed by atoms with E-state index in [2.05, 4.69) is 6.92 Å². The molecule has 0 aliphatic carbocycles. The van der Waals surface area contributed by atoms with Gasteiger partial charge in [-0.05, 0) is 6.42 Å². The van der Waals surface area contributed by atoms with Crippen molar-refractivity contribution in [3.05, 3.63) is 12.0 Å². The maximum absolute atomic E-state index is 10.6. The van der Waals surface area contributed by atoms with Crippen molar-refractivity contribution in [2.75, 3.05) is 20.3 Å². The van der Waals surface area contributed by atoms with Crippen molar-refractivity contribution in [1.29, 1.82) is 0 Å². The molecule has 28 heavy (non-hydrogen) atoms. The van der Waals surface area contributed by atoms with E-state index in [0.29, 0.717) is 13.0 Å². The molecule has 9 heteroatoms. The third kappa shape index (κ3) is 19.1. The quantitative estimate of drug-likeness (QED) is 0.262. The topological polar surface area (TPSA) is 102 Å². The summed E-state index contributed by atoms with van der Waals surface area (Å²) in [5, 5.41) is 17.1. The van der Waals surface area contributed by atoms with E-state index in [1.165, 1.54) is 58.3 Å². The second kappa shape index (κ2) is 23.0. The van der Waals surface area contributed by atoms with Gasteiger partial charge in [0.25, 0.3) is 0 Å². The minimum absolute atomic E-state index is 0. The Morgan fingerprint density at radius 1 is 1.00 bits per heavy atom. The van der Waals surface area contributed by atoms with E-state index in [4.69, 9.17) is 24.4 Å². The Morgan fingerprint density at radius 3 is 2.00 bits per heavy atom. The molecule has 2 N–H and O–H groups in total. The van der Waals surface area contributed by atoms with Crippen LogP contribution in [0.2, 0.25) is 0 Å². The molecule has 1 rings (SSSR count). The molecule has 0 bridgehead atoms. The van der Waals surface area contributed by atoms with Crippen molar-refractivity contribution < 1.29 is 78.8 Å². The van der Waals surface area contributed by atoms with E-state index in [0.717, 1.165) is 12.8 Å². The van der Waals surface area contributed by atoms with E-state index in [9.17, 15) is 9.59 Å². The Balaban J connectivity index is -0.000000420. The van der Waals surface area contributed by atoms with Gasteiger partial charge in [0.2, 0.25) is 6.10 Å². The van der Waals surface area contributed by atoms with Gasteiger partial charge in [-0.2, -0.15) is 0 Å². The van der Waals surface area contributed by atoms with Crippen LogP contribution in [0.15, 0.2) is 12.0 Å². The fourth-order valence-corrected chi connectivity index (χ4v) is 2.43. The number of rotatable bonds is 12. The molecule has 0 saturated heterocycles. The first-order chi connectivity index (χ1) is 12.5. The summed E-state index contributed by atoms with van der Waals surface area (Å²) in [6, 6.07) is 0. The zero-order valence-corrected chi connectivity index (χ0v) is 19.6. The molecule has 0 aromatic rings. The van der Waals surface area contributed by atoms with Crippen molar-refractivity contribution in [1.82, 2.24) is 0 Å². The average Bonchev–Trinajstić information content (AvgIpc) is 2.86. The number of carboxylic acid groups (broad SMARTS) is 2. The summed E-state index contributed by atoms with van der Waals surface area (Å²) < 4.78 is 14.6. The van der Waals surface area contributed by atoms with Crippen LogP contribution in [-0.2, 0) is 68.6 Å². The molecule has 1 aliphatic heterocycles. The van der Waals surface area contributed by atoms with Gasteiger partial charge in [0.15, 0.2) is 5.76 Å². The molecule has 174 valence electrons. The minimum Gasteiger partial charge on any atom is -0.495 e. The van der Waals surface area contributed by atoms with Crippen molar-refractivity contribution in [3.8, 4) is 0 Å². The standard InChI is InChI=1S/C12H24O2.C7H10O5.2Ag/c1-2-3-4-5-6-7-8-9-10-11-12(13)14;1-10-5-4-11-2-3-12-6(5)7(8)9;;/h2-11H2,1H3,(H,13,14);4,6H,2-3H2,1H3,(H,8,9);;. The maximum Gasteiger partial charge on any atom is 0.340 e. The van der Waals surface area contributed by atoms with E-state index in [1.807, 2.05) is 0 Å². The minimum atomic E-state index is -1.08. The first-order valence-electron chi connectivity index (χ1n) is 9.44. The Hall–Kier alpha value is -0.279. The predicted molar refractivity (Wildman–Crippen MR) is 97.9 cm³/mol. The van der Waals surface area contributed by atoms with Crippen molar-refractivity contribution in [3.63, 3.8) is 0 Å². The van der Waals surface area contributed by atoms with Crippen LogP contribution in [0.4, 0.5) is 0 Å². The zero-order chi connectivity index (χ0) is 19.6. The second-order valence-electron chi connectivity index (χ2n) is 6.16. The summed E-state index contributed by atoms with van der Waals surface area (Å²) in [6.07, 6.45) is 11.7. The Bertz CT molecular complexity index is 417. The first kappa shape index (κ1) is 32.4. The molecule has 0 amide bonds. The molecule has 0 spiro atoms. The molecule has 1 aliphatic rings. The van der Waals surface area contributed by atoms with Crippen molar-refractivity contribution in [2.24, 2.45) is 0 Å². The summed E-state index contributed by atoms with van der Waals surface area (Å²) in [7, 11) is 1.37. The monoisotopic (exact) mass is 588 g/mol. The van der Waals surface area contributed by atoms with Gasteiger partial charge in [-0.1, -0.05) is 58.3 Å². The van der Waals surface area contributed by atoms with Crippen LogP contribution in [0.1, 0.15) is 71.1 Å². The number of ether oxygens (including phenoxy) is 3. The second-order valence-corrected chi connectivity index (χ2v) is 6.16. The van der Waals surface area contributed by atoms with Gasteiger partial charge in [-0.25, -0.2) is 4.79 Å². The average molecular weight is 590 g/mol. The van der Waals surface area contributed by atoms with Crippen LogP contribution < -0.4 is 0 Å². The van der Waals surface area contributed by atoms with E-state index < -0.39 is 18.0 Å². The fraction of sp³-hybridized carbons (Fsp3) is 0.789. The normalized spacial score (nSPS) is 15.2. The first-order valence-corrected chi connectivity index (χ1v) is 9.44. The van der Waals surface area contributed by atoms with Crippen LogP contribution >= 0.6 is 0 Å². The smallest absolute Gasteiger partial charge is 0.340 e. The van der Waals surface area contributed by atoms with Crippen LogP contribution in [0.3, 0.4) is 0 Å². The van der Waals surface area contributed by atoms with E-state index in [-0.39, 0.29) is 57.1 Å². The van der Waals surface area contributed by atoms with Gasteiger partial charge in [0.05, 0.1) is 13.7 Å². The number of unbranched alkanes of at least 4 members (excludes halogenated alkanes) is 8. The molecular weight excluding hydrogens is 556 g/mol. The molecule has 7 nitrogen and oxygen atoms in total. The number of carboxylic acids is 2. The molecule has 1 atom stereocenters. The Morgan fingerprint density at radius 2 is 1.54 bits per heavy atom. The number of hydrogen-bond acceptors (Lipinski definition) is 5. The number of carbonyl (C=O) groups is 2. The molecule has 1 unspecified atom stereocenters. The predicted octanol–water partition coefficient (Wildman–Crippen LogP) is 3.96. The van der Waals surface area contributed by atoms with Crippen molar-refractivity contribution >= 4 is 11.9 Å². The summed E-state index contributed by atoms with van der Waals surface area (Å²) in [6.45, 7) is 2.82. The summed E-state index contributed by atoms with van der Waals surface area (Å²) in [5.41, 5.74) is 0. The van der Waals surface area contributed by atoms with Crippen LogP contribution in [0.25, 0.3) is 0 Å². The van der Waals surface area contributed by atoms with Crippen LogP contribution in [0, 0.1) is 0 Å². The number of aliphatic carboxylic acids is 2. The largest absolute Gasteiger partial charge is 0.495 e. The van der Waals surface area contributed by atoms with E-state index >= 15 is 0 Å². The molecule has 0 aromatic carbocycles. The third-order valence-electron chi connectivity index (χ3n) is 3.90. The van der Waals surface area contributed by atoms with Gasteiger partial charge >= 0.3 is 11.9 Å². The molecule has 0 saturated carbocycles. The zero-order valence-electron chi connectivity index (χ0n) is 16.7.